The van der Waals surface area contributed by atoms with Gasteiger partial charge in [-0.2, -0.15) is 0 Å². The zero-order chi connectivity index (χ0) is 14.3. The van der Waals surface area contributed by atoms with Gasteiger partial charge in [-0.25, -0.2) is 9.97 Å². The van der Waals surface area contributed by atoms with Crippen LogP contribution >= 0.6 is 11.6 Å². The summed E-state index contributed by atoms with van der Waals surface area (Å²) in [6, 6.07) is 2.43. The molecule has 3 heterocycles. The summed E-state index contributed by atoms with van der Waals surface area (Å²) in [6.07, 6.45) is 4.25. The Morgan fingerprint density at radius 1 is 1.45 bits per heavy atom. The summed E-state index contributed by atoms with van der Waals surface area (Å²) in [7, 11) is 2.17. The van der Waals surface area contributed by atoms with E-state index in [-0.39, 0.29) is 5.38 Å². The lowest BCUT2D eigenvalue weighted by Gasteiger charge is -2.31. The molecule has 0 aromatic carbocycles. The monoisotopic (exact) mass is 292 g/mol. The lowest BCUT2D eigenvalue weighted by molar-refractivity contribution is 0.212. The van der Waals surface area contributed by atoms with Crippen LogP contribution in [0.1, 0.15) is 42.6 Å². The molecular formula is C15H21ClN4. The smallest absolute Gasteiger partial charge is 0.160 e. The van der Waals surface area contributed by atoms with Gasteiger partial charge >= 0.3 is 0 Å². The van der Waals surface area contributed by atoms with E-state index in [1.54, 1.807) is 0 Å². The van der Waals surface area contributed by atoms with Crippen molar-refractivity contribution in [1.82, 2.24) is 19.4 Å². The molecule has 3 rings (SSSR count). The summed E-state index contributed by atoms with van der Waals surface area (Å²) >= 11 is 6.36. The SMILES string of the molecule is Cc1ccnc2c1nc(C(C)Cl)n2C1CCCN(C)C1. The average molecular weight is 293 g/mol. The summed E-state index contributed by atoms with van der Waals surface area (Å²) in [5, 5.41) is -0.101. The van der Waals surface area contributed by atoms with Gasteiger partial charge in [0.15, 0.2) is 5.65 Å². The van der Waals surface area contributed by atoms with Crippen molar-refractivity contribution in [2.24, 2.45) is 0 Å². The lowest BCUT2D eigenvalue weighted by atomic mass is 10.1. The Morgan fingerprint density at radius 3 is 2.95 bits per heavy atom. The van der Waals surface area contributed by atoms with Crippen molar-refractivity contribution in [2.45, 2.75) is 38.1 Å². The van der Waals surface area contributed by atoms with Crippen LogP contribution in [0, 0.1) is 6.92 Å². The molecule has 4 nitrogen and oxygen atoms in total. The molecule has 2 atom stereocenters. The Balaban J connectivity index is 2.16. The molecule has 0 N–H and O–H groups in total. The quantitative estimate of drug-likeness (QED) is 0.797. The molecule has 5 heteroatoms. The number of rotatable bonds is 2. The highest BCUT2D eigenvalue weighted by atomic mass is 35.5. The van der Waals surface area contributed by atoms with E-state index >= 15 is 0 Å². The van der Waals surface area contributed by atoms with Gasteiger partial charge in [0.25, 0.3) is 0 Å². The lowest BCUT2D eigenvalue weighted by Crippen LogP contribution is -2.34. The third kappa shape index (κ3) is 2.31. The highest BCUT2D eigenvalue weighted by Gasteiger charge is 2.26. The zero-order valence-corrected chi connectivity index (χ0v) is 13.1. The molecule has 0 radical (unpaired) electrons. The summed E-state index contributed by atoms with van der Waals surface area (Å²) in [6.45, 7) is 6.28. The predicted octanol–water partition coefficient (Wildman–Crippen LogP) is 3.31. The van der Waals surface area contributed by atoms with Crippen LogP contribution in [0.2, 0.25) is 0 Å². The van der Waals surface area contributed by atoms with Gasteiger partial charge < -0.3 is 9.47 Å². The van der Waals surface area contributed by atoms with E-state index in [0.717, 1.165) is 29.1 Å². The number of fused-ring (bicyclic) bond motifs is 1. The largest absolute Gasteiger partial charge is 0.307 e. The minimum atomic E-state index is -0.101. The third-order valence-electron chi connectivity index (χ3n) is 4.13. The number of halogens is 1. The standard InChI is InChI=1S/C15H21ClN4/c1-10-6-7-17-15-13(10)18-14(11(2)16)20(15)12-5-4-8-19(3)9-12/h6-7,11-12H,4-5,8-9H2,1-3H3. The second-order valence-corrected chi connectivity index (χ2v) is 6.47. The number of alkyl halides is 1. The second kappa shape index (κ2) is 5.34. The Morgan fingerprint density at radius 2 is 2.25 bits per heavy atom. The maximum Gasteiger partial charge on any atom is 0.160 e. The van der Waals surface area contributed by atoms with Crippen LogP contribution in [0.3, 0.4) is 0 Å². The molecule has 0 bridgehead atoms. The van der Waals surface area contributed by atoms with Gasteiger partial charge in [-0.3, -0.25) is 0 Å². The highest BCUT2D eigenvalue weighted by Crippen LogP contribution is 2.31. The first-order valence-corrected chi connectivity index (χ1v) is 7.67. The molecule has 0 spiro atoms. The summed E-state index contributed by atoms with van der Waals surface area (Å²) in [5.41, 5.74) is 3.13. The molecule has 20 heavy (non-hydrogen) atoms. The van der Waals surface area contributed by atoms with Crippen molar-refractivity contribution in [2.75, 3.05) is 20.1 Å². The fourth-order valence-electron chi connectivity index (χ4n) is 3.12. The number of imidazole rings is 1. The van der Waals surface area contributed by atoms with Crippen molar-refractivity contribution in [1.29, 1.82) is 0 Å². The molecule has 108 valence electrons. The molecule has 1 fully saturated rings. The van der Waals surface area contributed by atoms with Crippen molar-refractivity contribution in [3.63, 3.8) is 0 Å². The van der Waals surface area contributed by atoms with Crippen LogP contribution < -0.4 is 0 Å². The van der Waals surface area contributed by atoms with Crippen LogP contribution in [0.15, 0.2) is 12.3 Å². The molecule has 2 aromatic heterocycles. The van der Waals surface area contributed by atoms with Crippen LogP contribution in [-0.4, -0.2) is 39.6 Å². The fraction of sp³-hybridized carbons (Fsp3) is 0.600. The van der Waals surface area contributed by atoms with Crippen LogP contribution in [0.5, 0.6) is 0 Å². The van der Waals surface area contributed by atoms with Crippen LogP contribution in [0.25, 0.3) is 11.2 Å². The minimum Gasteiger partial charge on any atom is -0.307 e. The van der Waals surface area contributed by atoms with E-state index in [1.807, 2.05) is 19.2 Å². The normalized spacial score (nSPS) is 22.3. The summed E-state index contributed by atoms with van der Waals surface area (Å²) < 4.78 is 2.27. The number of likely N-dealkylation sites (tertiary alicyclic amines) is 1. The molecule has 0 saturated carbocycles. The number of pyridine rings is 1. The Labute approximate surface area is 124 Å². The molecule has 1 aliphatic heterocycles. The number of likely N-dealkylation sites (N-methyl/N-ethyl adjacent to an activating group) is 1. The van der Waals surface area contributed by atoms with Gasteiger partial charge in [0.05, 0.1) is 5.38 Å². The Hall–Kier alpha value is -1.13. The number of nitrogens with zero attached hydrogens (tertiary/aromatic N) is 4. The fourth-order valence-corrected chi connectivity index (χ4v) is 3.27. The first kappa shape index (κ1) is 13.8. The van der Waals surface area contributed by atoms with Gasteiger partial charge in [-0.05, 0) is 51.9 Å². The maximum atomic E-state index is 6.36. The van der Waals surface area contributed by atoms with E-state index in [9.17, 15) is 0 Å². The van der Waals surface area contributed by atoms with Crippen LogP contribution in [-0.2, 0) is 0 Å². The van der Waals surface area contributed by atoms with Crippen molar-refractivity contribution >= 4 is 22.8 Å². The minimum absolute atomic E-state index is 0.101. The van der Waals surface area contributed by atoms with Gasteiger partial charge in [0.2, 0.25) is 0 Å². The topological polar surface area (TPSA) is 34.0 Å². The summed E-state index contributed by atoms with van der Waals surface area (Å²) in [4.78, 5) is 11.7. The Kier molecular flexibility index (Phi) is 3.69. The van der Waals surface area contributed by atoms with E-state index in [2.05, 4.69) is 28.4 Å². The first-order valence-electron chi connectivity index (χ1n) is 7.24. The molecule has 1 aliphatic rings. The molecule has 2 unspecified atom stereocenters. The number of aryl methyl sites for hydroxylation is 1. The molecular weight excluding hydrogens is 272 g/mol. The maximum absolute atomic E-state index is 6.36. The van der Waals surface area contributed by atoms with Gasteiger partial charge in [0, 0.05) is 18.8 Å². The molecule has 1 saturated heterocycles. The van der Waals surface area contributed by atoms with E-state index in [4.69, 9.17) is 16.6 Å². The predicted molar refractivity (Wildman–Crippen MR) is 82.3 cm³/mol. The average Bonchev–Trinajstić information content (AvgIpc) is 2.80. The Bertz CT molecular complexity index is 620. The second-order valence-electron chi connectivity index (χ2n) is 5.81. The third-order valence-corrected chi connectivity index (χ3v) is 4.32. The van der Waals surface area contributed by atoms with Crippen LogP contribution in [0.4, 0.5) is 0 Å². The molecule has 0 aliphatic carbocycles. The zero-order valence-electron chi connectivity index (χ0n) is 12.3. The number of hydrogen-bond acceptors (Lipinski definition) is 3. The van der Waals surface area contributed by atoms with Crippen molar-refractivity contribution in [3.05, 3.63) is 23.7 Å². The highest BCUT2D eigenvalue weighted by molar-refractivity contribution is 6.20. The number of aromatic nitrogens is 3. The molecule has 2 aromatic rings. The van der Waals surface area contributed by atoms with Crippen molar-refractivity contribution in [3.8, 4) is 0 Å². The number of piperidine rings is 1. The van der Waals surface area contributed by atoms with E-state index in [1.165, 1.54) is 19.4 Å². The first-order chi connectivity index (χ1) is 9.58. The number of hydrogen-bond donors (Lipinski definition) is 0. The van der Waals surface area contributed by atoms with Crippen molar-refractivity contribution < 1.29 is 0 Å². The van der Waals surface area contributed by atoms with E-state index in [0.29, 0.717) is 6.04 Å². The van der Waals surface area contributed by atoms with Gasteiger partial charge in [0.1, 0.15) is 11.3 Å². The van der Waals surface area contributed by atoms with Gasteiger partial charge in [-0.15, -0.1) is 11.6 Å². The molecule has 0 amide bonds. The summed E-state index contributed by atoms with van der Waals surface area (Å²) in [5.74, 6) is 0.948. The van der Waals surface area contributed by atoms with Gasteiger partial charge in [-0.1, -0.05) is 0 Å². The van der Waals surface area contributed by atoms with E-state index < -0.39 is 0 Å².